The number of ether oxygens (including phenoxy) is 1. The third-order valence-corrected chi connectivity index (χ3v) is 3.40. The molecule has 2 nitrogen and oxygen atoms in total. The predicted octanol–water partition coefficient (Wildman–Crippen LogP) is 3.44. The van der Waals surface area contributed by atoms with Gasteiger partial charge in [-0.25, -0.2) is 0 Å². The molecule has 1 aliphatic rings. The molecule has 0 radical (unpaired) electrons. The fraction of sp³-hybridized carbons (Fsp3) is 0.417. The van der Waals surface area contributed by atoms with E-state index in [0.717, 1.165) is 17.3 Å². The van der Waals surface area contributed by atoms with Crippen LogP contribution < -0.4 is 4.74 Å². The smallest absolute Gasteiger partial charge is 0.169 e. The van der Waals surface area contributed by atoms with Gasteiger partial charge in [0.15, 0.2) is 5.78 Å². The summed E-state index contributed by atoms with van der Waals surface area (Å²) in [6, 6.07) is 5.56. The summed E-state index contributed by atoms with van der Waals surface area (Å²) in [5.74, 6) is 1.11. The van der Waals surface area contributed by atoms with Crippen molar-refractivity contribution in [3.05, 3.63) is 28.2 Å². The lowest BCUT2D eigenvalue weighted by Crippen LogP contribution is -2.22. The molecule has 80 valence electrons. The van der Waals surface area contributed by atoms with Gasteiger partial charge in [-0.15, -0.1) is 0 Å². The predicted molar refractivity (Wildman–Crippen MR) is 62.4 cm³/mol. The van der Waals surface area contributed by atoms with Crippen LogP contribution in [-0.4, -0.2) is 12.9 Å². The molecule has 1 fully saturated rings. The first-order valence-electron chi connectivity index (χ1n) is 5.10. The number of hydrogen-bond acceptors (Lipinski definition) is 2. The highest BCUT2D eigenvalue weighted by Gasteiger charge is 2.28. The van der Waals surface area contributed by atoms with Gasteiger partial charge in [0.2, 0.25) is 0 Å². The van der Waals surface area contributed by atoms with E-state index in [2.05, 4.69) is 15.9 Å². The SMILES string of the molecule is COc1ccc(Br)cc1C(=O)C1CCC1. The van der Waals surface area contributed by atoms with Crippen molar-refractivity contribution >= 4 is 21.7 Å². The van der Waals surface area contributed by atoms with Crippen molar-refractivity contribution in [2.45, 2.75) is 19.3 Å². The molecule has 0 aromatic heterocycles. The number of Topliss-reactive ketones (excluding diaryl/α,β-unsaturated/α-hetero) is 1. The van der Waals surface area contributed by atoms with Gasteiger partial charge in [0, 0.05) is 10.4 Å². The molecule has 0 heterocycles. The molecule has 3 heteroatoms. The molecule has 0 aliphatic heterocycles. The van der Waals surface area contributed by atoms with Crippen molar-refractivity contribution in [3.63, 3.8) is 0 Å². The Balaban J connectivity index is 2.31. The number of rotatable bonds is 3. The van der Waals surface area contributed by atoms with Gasteiger partial charge in [-0.1, -0.05) is 22.4 Å². The van der Waals surface area contributed by atoms with E-state index in [1.54, 1.807) is 7.11 Å². The molecule has 1 aromatic carbocycles. The summed E-state index contributed by atoms with van der Waals surface area (Å²) in [5.41, 5.74) is 0.705. The van der Waals surface area contributed by atoms with Crippen LogP contribution in [0.5, 0.6) is 5.75 Å². The van der Waals surface area contributed by atoms with Crippen molar-refractivity contribution < 1.29 is 9.53 Å². The third-order valence-electron chi connectivity index (χ3n) is 2.90. The monoisotopic (exact) mass is 268 g/mol. The maximum Gasteiger partial charge on any atom is 0.169 e. The molecule has 0 bridgehead atoms. The van der Waals surface area contributed by atoms with Gasteiger partial charge in [0.25, 0.3) is 0 Å². The molecular formula is C12H13BrO2. The van der Waals surface area contributed by atoms with Gasteiger partial charge < -0.3 is 4.74 Å². The van der Waals surface area contributed by atoms with Gasteiger partial charge >= 0.3 is 0 Å². The molecule has 1 aliphatic carbocycles. The van der Waals surface area contributed by atoms with Gasteiger partial charge in [0.1, 0.15) is 5.75 Å². The van der Waals surface area contributed by atoms with E-state index in [1.807, 2.05) is 18.2 Å². The van der Waals surface area contributed by atoms with Crippen LogP contribution >= 0.6 is 15.9 Å². The number of methoxy groups -OCH3 is 1. The summed E-state index contributed by atoms with van der Waals surface area (Å²) < 4.78 is 6.12. The summed E-state index contributed by atoms with van der Waals surface area (Å²) in [6.45, 7) is 0. The molecule has 0 amide bonds. The average molecular weight is 269 g/mol. The molecular weight excluding hydrogens is 256 g/mol. The Bertz CT molecular complexity index is 383. The first-order valence-corrected chi connectivity index (χ1v) is 5.89. The largest absolute Gasteiger partial charge is 0.496 e. The lowest BCUT2D eigenvalue weighted by Gasteiger charge is -2.24. The van der Waals surface area contributed by atoms with Gasteiger partial charge in [-0.2, -0.15) is 0 Å². The molecule has 0 spiro atoms. The Kier molecular flexibility index (Phi) is 3.10. The van der Waals surface area contributed by atoms with Crippen LogP contribution in [0.2, 0.25) is 0 Å². The zero-order valence-corrected chi connectivity index (χ0v) is 10.2. The summed E-state index contributed by atoms with van der Waals surface area (Å²) >= 11 is 3.38. The minimum Gasteiger partial charge on any atom is -0.496 e. The summed E-state index contributed by atoms with van der Waals surface area (Å²) in [7, 11) is 1.60. The zero-order valence-electron chi connectivity index (χ0n) is 8.63. The number of halogens is 1. The van der Waals surface area contributed by atoms with Crippen LogP contribution in [0.25, 0.3) is 0 Å². The van der Waals surface area contributed by atoms with E-state index in [-0.39, 0.29) is 11.7 Å². The fourth-order valence-corrected chi connectivity index (χ4v) is 2.12. The Morgan fingerprint density at radius 1 is 1.47 bits per heavy atom. The summed E-state index contributed by atoms with van der Waals surface area (Å²) in [6.07, 6.45) is 3.22. The van der Waals surface area contributed by atoms with E-state index >= 15 is 0 Å². The summed E-state index contributed by atoms with van der Waals surface area (Å²) in [5, 5.41) is 0. The maximum absolute atomic E-state index is 12.1. The molecule has 0 N–H and O–H groups in total. The number of ketones is 1. The first kappa shape index (κ1) is 10.7. The number of benzene rings is 1. The minimum atomic E-state index is 0.216. The van der Waals surface area contributed by atoms with Gasteiger partial charge in [-0.05, 0) is 31.0 Å². The Morgan fingerprint density at radius 2 is 2.20 bits per heavy atom. The minimum absolute atomic E-state index is 0.216. The molecule has 1 aromatic rings. The zero-order chi connectivity index (χ0) is 10.8. The molecule has 0 unspecified atom stereocenters. The van der Waals surface area contributed by atoms with E-state index < -0.39 is 0 Å². The number of carbonyl (C=O) groups excluding carboxylic acids is 1. The highest BCUT2D eigenvalue weighted by molar-refractivity contribution is 9.10. The highest BCUT2D eigenvalue weighted by Crippen LogP contribution is 2.33. The van der Waals surface area contributed by atoms with Gasteiger partial charge in [-0.3, -0.25) is 4.79 Å². The van der Waals surface area contributed by atoms with Crippen LogP contribution in [0.1, 0.15) is 29.6 Å². The Hall–Kier alpha value is -0.830. The van der Waals surface area contributed by atoms with E-state index in [0.29, 0.717) is 11.3 Å². The van der Waals surface area contributed by atoms with Crippen LogP contribution in [0.3, 0.4) is 0 Å². The van der Waals surface area contributed by atoms with Crippen molar-refractivity contribution in [3.8, 4) is 5.75 Å². The van der Waals surface area contributed by atoms with Crippen LogP contribution in [-0.2, 0) is 0 Å². The number of carbonyl (C=O) groups is 1. The maximum atomic E-state index is 12.1. The summed E-state index contributed by atoms with van der Waals surface area (Å²) in [4.78, 5) is 12.1. The lowest BCUT2D eigenvalue weighted by atomic mass is 9.80. The van der Waals surface area contributed by atoms with Crippen molar-refractivity contribution in [1.29, 1.82) is 0 Å². The van der Waals surface area contributed by atoms with Gasteiger partial charge in [0.05, 0.1) is 12.7 Å². The van der Waals surface area contributed by atoms with Crippen molar-refractivity contribution in [1.82, 2.24) is 0 Å². The van der Waals surface area contributed by atoms with E-state index in [4.69, 9.17) is 4.74 Å². The van der Waals surface area contributed by atoms with Crippen molar-refractivity contribution in [2.75, 3.05) is 7.11 Å². The van der Waals surface area contributed by atoms with E-state index in [1.165, 1.54) is 6.42 Å². The Morgan fingerprint density at radius 3 is 2.73 bits per heavy atom. The number of hydrogen-bond donors (Lipinski definition) is 0. The molecule has 0 atom stereocenters. The normalized spacial score (nSPS) is 15.9. The second-order valence-electron chi connectivity index (χ2n) is 3.84. The standard InChI is InChI=1S/C12H13BrO2/c1-15-11-6-5-9(13)7-10(11)12(14)8-3-2-4-8/h5-8H,2-4H2,1H3. The topological polar surface area (TPSA) is 26.3 Å². The average Bonchev–Trinajstić information content (AvgIpc) is 2.15. The second kappa shape index (κ2) is 4.35. The second-order valence-corrected chi connectivity index (χ2v) is 4.75. The lowest BCUT2D eigenvalue weighted by molar-refractivity contribution is 0.0852. The van der Waals surface area contributed by atoms with Crippen LogP contribution in [0, 0.1) is 5.92 Å². The molecule has 1 saturated carbocycles. The first-order chi connectivity index (χ1) is 7.22. The van der Waals surface area contributed by atoms with Crippen molar-refractivity contribution in [2.24, 2.45) is 5.92 Å². The fourth-order valence-electron chi connectivity index (χ4n) is 1.76. The molecule has 2 rings (SSSR count). The third kappa shape index (κ3) is 2.07. The van der Waals surface area contributed by atoms with E-state index in [9.17, 15) is 4.79 Å². The molecule has 0 saturated heterocycles. The molecule has 15 heavy (non-hydrogen) atoms. The Labute approximate surface area is 97.8 Å². The van der Waals surface area contributed by atoms with Crippen LogP contribution in [0.15, 0.2) is 22.7 Å². The van der Waals surface area contributed by atoms with Crippen LogP contribution in [0.4, 0.5) is 0 Å². The highest BCUT2D eigenvalue weighted by atomic mass is 79.9. The quantitative estimate of drug-likeness (QED) is 0.786.